The van der Waals surface area contributed by atoms with Gasteiger partial charge in [-0.2, -0.15) is 0 Å². The van der Waals surface area contributed by atoms with Gasteiger partial charge in [-0.25, -0.2) is 4.79 Å². The van der Waals surface area contributed by atoms with E-state index in [1.807, 2.05) is 50.9 Å². The number of fused-ring (bicyclic) bond motifs is 3. The minimum Gasteiger partial charge on any atom is -0.444 e. The summed E-state index contributed by atoms with van der Waals surface area (Å²) in [6, 6.07) is 6.58. The Kier molecular flexibility index (Phi) is 4.84. The fourth-order valence-electron chi connectivity index (χ4n) is 4.28. The second-order valence-corrected chi connectivity index (χ2v) is 9.79. The van der Waals surface area contributed by atoms with E-state index in [2.05, 4.69) is 33.6 Å². The van der Waals surface area contributed by atoms with Crippen LogP contribution < -0.4 is 10.5 Å². The number of aromatic nitrogens is 1. The van der Waals surface area contributed by atoms with Crippen molar-refractivity contribution in [2.45, 2.75) is 58.3 Å². The molecule has 0 N–H and O–H groups in total. The molecule has 0 saturated carbocycles. The number of carbonyl (C=O) groups is 1. The lowest BCUT2D eigenvalue weighted by molar-refractivity contribution is 0.0215. The summed E-state index contributed by atoms with van der Waals surface area (Å²) in [4.78, 5) is 29.3. The molecule has 2 aromatic rings. The Hall–Kier alpha value is -1.77. The minimum atomic E-state index is -0.473. The minimum absolute atomic E-state index is 0.0588. The number of carbonyl (C=O) groups excluding carboxylic acids is 1. The summed E-state index contributed by atoms with van der Waals surface area (Å²) in [5.74, 6) is 0. The number of pyridine rings is 1. The highest BCUT2D eigenvalue weighted by molar-refractivity contribution is 14.1. The summed E-state index contributed by atoms with van der Waals surface area (Å²) in [6.45, 7) is 9.83. The molecule has 2 aliphatic rings. The summed E-state index contributed by atoms with van der Waals surface area (Å²) >= 11 is 2.30. The van der Waals surface area contributed by atoms with E-state index in [9.17, 15) is 9.59 Å². The van der Waals surface area contributed by atoms with Gasteiger partial charge < -0.3 is 19.1 Å². The zero-order chi connectivity index (χ0) is 20.2. The van der Waals surface area contributed by atoms with E-state index in [1.54, 1.807) is 4.57 Å². The first-order valence-electron chi connectivity index (χ1n) is 9.77. The van der Waals surface area contributed by atoms with Gasteiger partial charge in [0.1, 0.15) is 5.60 Å². The van der Waals surface area contributed by atoms with Crippen molar-refractivity contribution in [3.63, 3.8) is 0 Å². The van der Waals surface area contributed by atoms with Crippen LogP contribution >= 0.6 is 22.6 Å². The van der Waals surface area contributed by atoms with Crippen molar-refractivity contribution in [3.05, 3.63) is 38.3 Å². The molecule has 28 heavy (non-hydrogen) atoms. The van der Waals surface area contributed by atoms with E-state index in [0.29, 0.717) is 19.1 Å². The number of nitrogens with zero attached hydrogens (tertiary/aromatic N) is 3. The number of anilines is 1. The highest BCUT2D eigenvalue weighted by atomic mass is 127. The number of aryl methyl sites for hydroxylation is 1. The monoisotopic (exact) mass is 495 g/mol. The molecular weight excluding hydrogens is 469 g/mol. The molecule has 0 aliphatic carbocycles. The maximum atomic E-state index is 12.6. The second-order valence-electron chi connectivity index (χ2n) is 8.63. The van der Waals surface area contributed by atoms with Crippen molar-refractivity contribution < 1.29 is 9.53 Å². The van der Waals surface area contributed by atoms with Gasteiger partial charge >= 0.3 is 6.09 Å². The Labute approximate surface area is 178 Å². The van der Waals surface area contributed by atoms with Crippen molar-refractivity contribution in [1.82, 2.24) is 9.47 Å². The fraction of sp³-hybridized carbons (Fsp3) is 0.524. The Bertz CT molecular complexity index is 995. The van der Waals surface area contributed by atoms with Crippen LogP contribution in [-0.4, -0.2) is 46.3 Å². The van der Waals surface area contributed by atoms with Gasteiger partial charge in [0.25, 0.3) is 5.56 Å². The van der Waals surface area contributed by atoms with Crippen LogP contribution in [0.25, 0.3) is 10.8 Å². The summed E-state index contributed by atoms with van der Waals surface area (Å²) in [7, 11) is 0. The largest absolute Gasteiger partial charge is 0.444 e. The molecule has 2 saturated heterocycles. The molecule has 2 bridgehead atoms. The molecule has 1 aromatic heterocycles. The third kappa shape index (κ3) is 3.38. The molecule has 6 nitrogen and oxygen atoms in total. The van der Waals surface area contributed by atoms with Crippen LogP contribution in [0.2, 0.25) is 0 Å². The van der Waals surface area contributed by atoms with Gasteiger partial charge in [-0.05, 0) is 74.9 Å². The molecule has 2 fully saturated rings. The molecule has 7 heteroatoms. The number of hydrogen-bond donors (Lipinski definition) is 0. The molecular formula is C21H26IN3O3. The summed E-state index contributed by atoms with van der Waals surface area (Å²) in [6.07, 6.45) is 2.68. The summed E-state index contributed by atoms with van der Waals surface area (Å²) < 4.78 is 8.38. The van der Waals surface area contributed by atoms with Crippen LogP contribution in [0.1, 0.15) is 34.1 Å². The first-order valence-corrected chi connectivity index (χ1v) is 10.8. The number of likely N-dealkylation sites (tertiary alicyclic amines) is 1. The standard InChI is InChI=1S/C21H26IN3O3/c1-5-23-12-18(22)17-9-13(6-7-16(17)19(23)26)24-10-15-8-14(24)11-25(15)20(27)28-21(2,3)4/h6-7,9,12,14-15H,5,8,10-11H2,1-4H3. The van der Waals surface area contributed by atoms with Crippen LogP contribution in [0.15, 0.2) is 29.2 Å². The topological polar surface area (TPSA) is 54.8 Å². The van der Waals surface area contributed by atoms with E-state index in [0.717, 1.165) is 33.0 Å². The Morgan fingerprint density at radius 2 is 1.96 bits per heavy atom. The van der Waals surface area contributed by atoms with Gasteiger partial charge in [0.2, 0.25) is 0 Å². The van der Waals surface area contributed by atoms with Crippen molar-refractivity contribution in [2.75, 3.05) is 18.0 Å². The normalized spacial score (nSPS) is 21.6. The van der Waals surface area contributed by atoms with Gasteiger partial charge in [-0.3, -0.25) is 4.79 Å². The van der Waals surface area contributed by atoms with E-state index >= 15 is 0 Å². The van der Waals surface area contributed by atoms with Gasteiger partial charge in [0, 0.05) is 51.9 Å². The van der Waals surface area contributed by atoms with E-state index in [4.69, 9.17) is 4.74 Å². The predicted molar refractivity (Wildman–Crippen MR) is 119 cm³/mol. The molecule has 1 amide bonds. The Morgan fingerprint density at radius 3 is 2.57 bits per heavy atom. The first-order chi connectivity index (χ1) is 13.2. The third-order valence-electron chi connectivity index (χ3n) is 5.56. The molecule has 0 spiro atoms. The third-order valence-corrected chi connectivity index (χ3v) is 6.42. The lowest BCUT2D eigenvalue weighted by Gasteiger charge is -2.36. The average molecular weight is 495 g/mol. The van der Waals surface area contributed by atoms with Gasteiger partial charge in [0.05, 0.1) is 6.04 Å². The summed E-state index contributed by atoms with van der Waals surface area (Å²) in [5, 5.41) is 1.76. The lowest BCUT2D eigenvalue weighted by Crippen LogP contribution is -2.50. The van der Waals surface area contributed by atoms with Crippen LogP contribution in [0.5, 0.6) is 0 Å². The van der Waals surface area contributed by atoms with Crippen molar-refractivity contribution in [3.8, 4) is 0 Å². The highest BCUT2D eigenvalue weighted by Crippen LogP contribution is 2.36. The number of hydrogen-bond acceptors (Lipinski definition) is 4. The number of rotatable bonds is 2. The van der Waals surface area contributed by atoms with Crippen molar-refractivity contribution in [2.24, 2.45) is 0 Å². The van der Waals surface area contributed by atoms with Crippen LogP contribution in [0, 0.1) is 3.57 Å². The molecule has 2 atom stereocenters. The fourth-order valence-corrected chi connectivity index (χ4v) is 5.06. The number of halogens is 1. The molecule has 1 aromatic carbocycles. The molecule has 4 rings (SSSR count). The van der Waals surface area contributed by atoms with Gasteiger partial charge in [-0.1, -0.05) is 0 Å². The predicted octanol–water partition coefficient (Wildman–Crippen LogP) is 3.82. The smallest absolute Gasteiger partial charge is 0.410 e. The second kappa shape index (κ2) is 6.93. The zero-order valence-electron chi connectivity index (χ0n) is 16.7. The molecule has 150 valence electrons. The van der Waals surface area contributed by atoms with E-state index in [-0.39, 0.29) is 17.7 Å². The van der Waals surface area contributed by atoms with Crippen molar-refractivity contribution in [1.29, 1.82) is 0 Å². The molecule has 2 unspecified atom stereocenters. The number of ether oxygens (including phenoxy) is 1. The van der Waals surface area contributed by atoms with E-state index < -0.39 is 5.60 Å². The molecule has 3 heterocycles. The van der Waals surface area contributed by atoms with Crippen LogP contribution in [0.3, 0.4) is 0 Å². The van der Waals surface area contributed by atoms with Gasteiger partial charge in [-0.15, -0.1) is 0 Å². The van der Waals surface area contributed by atoms with Crippen molar-refractivity contribution >= 4 is 45.1 Å². The van der Waals surface area contributed by atoms with E-state index in [1.165, 1.54) is 0 Å². The lowest BCUT2D eigenvalue weighted by atomic mass is 10.1. The number of piperazine rings is 1. The average Bonchev–Trinajstić information content (AvgIpc) is 3.23. The maximum absolute atomic E-state index is 12.6. The first kappa shape index (κ1) is 19.5. The maximum Gasteiger partial charge on any atom is 0.410 e. The Balaban J connectivity index is 1.58. The molecule has 2 aliphatic heterocycles. The molecule has 0 radical (unpaired) electrons. The quantitative estimate of drug-likeness (QED) is 0.595. The Morgan fingerprint density at radius 1 is 1.21 bits per heavy atom. The number of benzene rings is 1. The number of amides is 1. The highest BCUT2D eigenvalue weighted by Gasteiger charge is 2.46. The van der Waals surface area contributed by atoms with Crippen LogP contribution in [-0.2, 0) is 11.3 Å². The van der Waals surface area contributed by atoms with Crippen LogP contribution in [0.4, 0.5) is 10.5 Å². The zero-order valence-corrected chi connectivity index (χ0v) is 18.9. The summed E-state index contributed by atoms with van der Waals surface area (Å²) in [5.41, 5.74) is 0.706. The van der Waals surface area contributed by atoms with Gasteiger partial charge in [0.15, 0.2) is 0 Å². The SMILES string of the molecule is CCn1cc(I)c2cc(N3CC4CC3CN4C(=O)OC(C)(C)C)ccc2c1=O.